The Morgan fingerprint density at radius 2 is 2.00 bits per heavy atom. The Morgan fingerprint density at radius 3 is 2.65 bits per heavy atom. The lowest BCUT2D eigenvalue weighted by Crippen LogP contribution is -2.55. The Hall–Kier alpha value is -0.940. The predicted octanol–water partition coefficient (Wildman–Crippen LogP) is 1.86. The van der Waals surface area contributed by atoms with Gasteiger partial charge in [0.2, 0.25) is 0 Å². The van der Waals surface area contributed by atoms with Crippen LogP contribution in [0.2, 0.25) is 0 Å². The maximum absolute atomic E-state index is 10.7. The van der Waals surface area contributed by atoms with Crippen molar-refractivity contribution in [1.29, 1.82) is 0 Å². The molecule has 0 spiro atoms. The van der Waals surface area contributed by atoms with Crippen LogP contribution in [0.5, 0.6) is 0 Å². The van der Waals surface area contributed by atoms with Crippen LogP contribution in [0.3, 0.4) is 0 Å². The number of hydrogen-bond acceptors (Lipinski definition) is 4. The Balaban J connectivity index is 2.02. The number of nitrogens with zero attached hydrogens (tertiary/aromatic N) is 4. The zero-order chi connectivity index (χ0) is 14.6. The SMILES string of the molecule is CCCn1ncnc1CC(O)C(C)(C)N1CCCCC1. The second-order valence-corrected chi connectivity index (χ2v) is 6.32. The molecule has 0 aromatic carbocycles. The summed E-state index contributed by atoms with van der Waals surface area (Å²) in [5, 5.41) is 14.9. The Kier molecular flexibility index (Phi) is 5.16. The molecule has 1 aliphatic heterocycles. The number of rotatable bonds is 6. The summed E-state index contributed by atoms with van der Waals surface area (Å²) in [6.07, 6.45) is 6.56. The van der Waals surface area contributed by atoms with Gasteiger partial charge in [-0.25, -0.2) is 4.98 Å². The smallest absolute Gasteiger partial charge is 0.138 e. The van der Waals surface area contributed by atoms with Crippen LogP contribution in [0.4, 0.5) is 0 Å². The molecule has 1 N–H and O–H groups in total. The van der Waals surface area contributed by atoms with E-state index in [4.69, 9.17) is 0 Å². The van der Waals surface area contributed by atoms with Crippen molar-refractivity contribution in [3.8, 4) is 0 Å². The molecule has 114 valence electrons. The van der Waals surface area contributed by atoms with Gasteiger partial charge in [-0.15, -0.1) is 0 Å². The van der Waals surface area contributed by atoms with E-state index in [0.29, 0.717) is 6.42 Å². The van der Waals surface area contributed by atoms with Crippen LogP contribution in [-0.4, -0.2) is 49.5 Å². The van der Waals surface area contributed by atoms with Gasteiger partial charge < -0.3 is 5.11 Å². The highest BCUT2D eigenvalue weighted by Crippen LogP contribution is 2.25. The van der Waals surface area contributed by atoms with Gasteiger partial charge in [-0.05, 0) is 46.2 Å². The third-order valence-electron chi connectivity index (χ3n) is 4.49. The minimum absolute atomic E-state index is 0.205. The average molecular weight is 280 g/mol. The minimum Gasteiger partial charge on any atom is -0.391 e. The summed E-state index contributed by atoms with van der Waals surface area (Å²) < 4.78 is 1.91. The zero-order valence-corrected chi connectivity index (χ0v) is 13.0. The van der Waals surface area contributed by atoms with Gasteiger partial charge in [0.25, 0.3) is 0 Å². The van der Waals surface area contributed by atoms with Crippen molar-refractivity contribution in [1.82, 2.24) is 19.7 Å². The topological polar surface area (TPSA) is 54.2 Å². The van der Waals surface area contributed by atoms with E-state index < -0.39 is 6.10 Å². The highest BCUT2D eigenvalue weighted by atomic mass is 16.3. The maximum Gasteiger partial charge on any atom is 0.138 e. The van der Waals surface area contributed by atoms with Crippen molar-refractivity contribution in [2.75, 3.05) is 13.1 Å². The molecule has 1 aromatic rings. The Morgan fingerprint density at radius 1 is 1.30 bits per heavy atom. The summed E-state index contributed by atoms with van der Waals surface area (Å²) in [7, 11) is 0. The molecule has 0 radical (unpaired) electrons. The van der Waals surface area contributed by atoms with Crippen LogP contribution in [-0.2, 0) is 13.0 Å². The molecule has 1 saturated heterocycles. The molecule has 1 atom stereocenters. The molecule has 5 heteroatoms. The fourth-order valence-electron chi connectivity index (χ4n) is 2.95. The number of aliphatic hydroxyl groups excluding tert-OH is 1. The number of aryl methyl sites for hydroxylation is 1. The molecule has 5 nitrogen and oxygen atoms in total. The number of aromatic nitrogens is 3. The third kappa shape index (κ3) is 3.38. The van der Waals surface area contributed by atoms with Gasteiger partial charge in [0.05, 0.1) is 6.10 Å². The fraction of sp³-hybridized carbons (Fsp3) is 0.867. The standard InChI is InChI=1S/C15H28N4O/c1-4-8-19-14(16-12-17-19)11-13(20)15(2,3)18-9-6-5-7-10-18/h12-13,20H,4-11H2,1-3H3. The van der Waals surface area contributed by atoms with Gasteiger partial charge in [-0.3, -0.25) is 9.58 Å². The average Bonchev–Trinajstić information content (AvgIpc) is 2.87. The van der Waals surface area contributed by atoms with Gasteiger partial charge in [0.15, 0.2) is 0 Å². The second-order valence-electron chi connectivity index (χ2n) is 6.32. The molecule has 0 amide bonds. The van der Waals surface area contributed by atoms with E-state index in [-0.39, 0.29) is 5.54 Å². The molecule has 0 aliphatic carbocycles. The number of likely N-dealkylation sites (tertiary alicyclic amines) is 1. The summed E-state index contributed by atoms with van der Waals surface area (Å²) in [6, 6.07) is 0. The van der Waals surface area contributed by atoms with E-state index in [9.17, 15) is 5.11 Å². The van der Waals surface area contributed by atoms with E-state index in [2.05, 4.69) is 35.8 Å². The monoisotopic (exact) mass is 280 g/mol. The van der Waals surface area contributed by atoms with Gasteiger partial charge >= 0.3 is 0 Å². The number of piperidine rings is 1. The summed E-state index contributed by atoms with van der Waals surface area (Å²) in [4.78, 5) is 6.73. The largest absolute Gasteiger partial charge is 0.391 e. The minimum atomic E-state index is -0.416. The van der Waals surface area contributed by atoms with Crippen molar-refractivity contribution >= 4 is 0 Å². The van der Waals surface area contributed by atoms with Crippen LogP contribution >= 0.6 is 0 Å². The van der Waals surface area contributed by atoms with E-state index in [0.717, 1.165) is 31.9 Å². The molecule has 1 fully saturated rings. The first-order chi connectivity index (χ1) is 9.55. The van der Waals surface area contributed by atoms with Gasteiger partial charge in [0, 0.05) is 18.5 Å². The highest BCUT2D eigenvalue weighted by molar-refractivity contribution is 4.97. The van der Waals surface area contributed by atoms with Gasteiger partial charge in [-0.1, -0.05) is 13.3 Å². The maximum atomic E-state index is 10.7. The Labute approximate surface area is 122 Å². The molecule has 2 heterocycles. The van der Waals surface area contributed by atoms with E-state index in [1.165, 1.54) is 19.3 Å². The summed E-state index contributed by atoms with van der Waals surface area (Å²) in [5.41, 5.74) is -0.205. The molecular formula is C15H28N4O. The van der Waals surface area contributed by atoms with Crippen LogP contribution in [0, 0.1) is 0 Å². The third-order valence-corrected chi connectivity index (χ3v) is 4.49. The lowest BCUT2D eigenvalue weighted by atomic mass is 9.90. The van der Waals surface area contributed by atoms with Crippen LogP contribution in [0.25, 0.3) is 0 Å². The van der Waals surface area contributed by atoms with Crippen LogP contribution in [0.1, 0.15) is 52.3 Å². The van der Waals surface area contributed by atoms with Gasteiger partial charge in [-0.2, -0.15) is 5.10 Å². The molecule has 0 bridgehead atoms. The summed E-state index contributed by atoms with van der Waals surface area (Å²) >= 11 is 0. The van der Waals surface area contributed by atoms with Crippen LogP contribution in [0.15, 0.2) is 6.33 Å². The molecule has 1 aromatic heterocycles. The first-order valence-corrected chi connectivity index (χ1v) is 7.85. The van der Waals surface area contributed by atoms with Crippen molar-refractivity contribution < 1.29 is 5.11 Å². The van der Waals surface area contributed by atoms with Crippen molar-refractivity contribution in [3.63, 3.8) is 0 Å². The van der Waals surface area contributed by atoms with E-state index in [1.54, 1.807) is 6.33 Å². The lowest BCUT2D eigenvalue weighted by molar-refractivity contribution is -0.0200. The van der Waals surface area contributed by atoms with Crippen LogP contribution < -0.4 is 0 Å². The predicted molar refractivity (Wildman–Crippen MR) is 79.5 cm³/mol. The molecule has 0 saturated carbocycles. The fourth-order valence-corrected chi connectivity index (χ4v) is 2.95. The quantitative estimate of drug-likeness (QED) is 0.864. The highest BCUT2D eigenvalue weighted by Gasteiger charge is 2.35. The van der Waals surface area contributed by atoms with E-state index >= 15 is 0 Å². The number of hydrogen-bond donors (Lipinski definition) is 1. The summed E-state index contributed by atoms with van der Waals surface area (Å²) in [6.45, 7) is 9.45. The first-order valence-electron chi connectivity index (χ1n) is 7.85. The van der Waals surface area contributed by atoms with Crippen molar-refractivity contribution in [3.05, 3.63) is 12.2 Å². The normalized spacial score (nSPS) is 19.2. The molecule has 1 unspecified atom stereocenters. The first kappa shape index (κ1) is 15.4. The molecular weight excluding hydrogens is 252 g/mol. The van der Waals surface area contributed by atoms with E-state index in [1.807, 2.05) is 4.68 Å². The number of aliphatic hydroxyl groups is 1. The van der Waals surface area contributed by atoms with Crippen molar-refractivity contribution in [2.24, 2.45) is 0 Å². The lowest BCUT2D eigenvalue weighted by Gasteiger charge is -2.43. The second kappa shape index (κ2) is 6.68. The zero-order valence-electron chi connectivity index (χ0n) is 13.0. The van der Waals surface area contributed by atoms with Gasteiger partial charge in [0.1, 0.15) is 12.2 Å². The molecule has 1 aliphatic rings. The molecule has 2 rings (SSSR count). The molecule has 20 heavy (non-hydrogen) atoms. The Bertz CT molecular complexity index is 410. The van der Waals surface area contributed by atoms with Crippen molar-refractivity contribution in [2.45, 2.75) is 71.1 Å². The summed E-state index contributed by atoms with van der Waals surface area (Å²) in [5.74, 6) is 0.893.